The van der Waals surface area contributed by atoms with Crippen LogP contribution < -0.4 is 33.2 Å². The van der Waals surface area contributed by atoms with Crippen LogP contribution in [0.25, 0.3) is 10.9 Å². The smallest absolute Gasteiger partial charge is 0.246 e. The van der Waals surface area contributed by atoms with Gasteiger partial charge in [-0.1, -0.05) is 44.0 Å². The Balaban J connectivity index is 1.67. The van der Waals surface area contributed by atoms with E-state index >= 15 is 0 Å². The Bertz CT molecular complexity index is 1560. The molecule has 0 radical (unpaired) electrons. The summed E-state index contributed by atoms with van der Waals surface area (Å²) in [7, 11) is 0. The van der Waals surface area contributed by atoms with Crippen LogP contribution in [-0.4, -0.2) is 65.6 Å². The second kappa shape index (κ2) is 17.0. The van der Waals surface area contributed by atoms with Crippen molar-refractivity contribution < 1.29 is 28.3 Å². The molecular formula is C34H46FN7O5. The summed E-state index contributed by atoms with van der Waals surface area (Å²) >= 11 is 0. The quantitative estimate of drug-likeness (QED) is 0.178. The molecule has 4 amide bonds. The third-order valence-electron chi connectivity index (χ3n) is 8.42. The molecule has 2 aromatic carbocycles. The number of amides is 4. The number of carbonyl (C=O) groups is 4. The summed E-state index contributed by atoms with van der Waals surface area (Å²) < 4.78 is 22.3. The van der Waals surface area contributed by atoms with Gasteiger partial charge in [-0.25, -0.2) is 4.39 Å². The summed E-state index contributed by atoms with van der Waals surface area (Å²) in [6.45, 7) is 2.90. The van der Waals surface area contributed by atoms with E-state index in [0.717, 1.165) is 42.3 Å². The Hall–Kier alpha value is -4.33. The number of rotatable bonds is 10. The zero-order chi connectivity index (χ0) is 33.9. The first-order valence-electron chi connectivity index (χ1n) is 16.2. The third-order valence-corrected chi connectivity index (χ3v) is 8.42. The maximum Gasteiger partial charge on any atom is 0.246 e. The average molecular weight is 652 g/mol. The zero-order valence-corrected chi connectivity index (χ0v) is 26.8. The summed E-state index contributed by atoms with van der Waals surface area (Å²) in [4.78, 5) is 52.5. The molecule has 3 unspecified atom stereocenters. The van der Waals surface area contributed by atoms with Crippen molar-refractivity contribution in [1.82, 2.24) is 20.5 Å². The van der Waals surface area contributed by atoms with Gasteiger partial charge in [-0.15, -0.1) is 0 Å². The first-order valence-corrected chi connectivity index (χ1v) is 16.2. The molecule has 254 valence electrons. The largest absolute Gasteiger partial charge is 0.368 e. The molecule has 13 heteroatoms. The van der Waals surface area contributed by atoms with E-state index in [1.165, 1.54) is 12.1 Å². The molecule has 4 rings (SSSR count). The highest BCUT2D eigenvalue weighted by molar-refractivity contribution is 5.94. The molecule has 0 aliphatic carbocycles. The van der Waals surface area contributed by atoms with Crippen LogP contribution in [0.1, 0.15) is 55.7 Å². The van der Waals surface area contributed by atoms with E-state index in [1.807, 2.05) is 29.0 Å². The molecule has 2 heterocycles. The molecule has 1 aromatic heterocycles. The summed E-state index contributed by atoms with van der Waals surface area (Å²) in [5.41, 5.74) is 20.6. The molecule has 12 nitrogen and oxygen atoms in total. The maximum absolute atomic E-state index is 14.5. The van der Waals surface area contributed by atoms with Crippen LogP contribution in [0, 0.1) is 5.82 Å². The average Bonchev–Trinajstić information content (AvgIpc) is 3.38. The zero-order valence-electron chi connectivity index (χ0n) is 26.8. The Morgan fingerprint density at radius 1 is 1.02 bits per heavy atom. The van der Waals surface area contributed by atoms with E-state index in [9.17, 15) is 23.6 Å². The molecule has 47 heavy (non-hydrogen) atoms. The summed E-state index contributed by atoms with van der Waals surface area (Å²) in [6, 6.07) is 8.27. The monoisotopic (exact) mass is 651 g/mol. The van der Waals surface area contributed by atoms with Gasteiger partial charge in [0.1, 0.15) is 24.5 Å². The van der Waals surface area contributed by atoms with Gasteiger partial charge in [0.15, 0.2) is 0 Å². The van der Waals surface area contributed by atoms with E-state index in [0.29, 0.717) is 24.0 Å². The Morgan fingerprint density at radius 3 is 2.53 bits per heavy atom. The van der Waals surface area contributed by atoms with E-state index in [1.54, 1.807) is 19.1 Å². The summed E-state index contributed by atoms with van der Waals surface area (Å²) in [5.74, 6) is -3.00. The number of halogens is 1. The molecular weight excluding hydrogens is 605 g/mol. The lowest BCUT2D eigenvalue weighted by atomic mass is 10.0. The number of benzene rings is 2. The Labute approximate surface area is 273 Å². The van der Waals surface area contributed by atoms with Gasteiger partial charge in [0.2, 0.25) is 23.6 Å². The molecule has 1 aliphatic heterocycles. The number of nitrogens with zero attached hydrogens (tertiary/aromatic N) is 1. The van der Waals surface area contributed by atoms with Crippen LogP contribution in [0.2, 0.25) is 0 Å². The number of unbranched alkanes of at least 4 members (excludes halogenated alkanes) is 3. The lowest BCUT2D eigenvalue weighted by Gasteiger charge is -2.27. The van der Waals surface area contributed by atoms with Crippen molar-refractivity contribution in [2.24, 2.45) is 17.2 Å². The van der Waals surface area contributed by atoms with Crippen LogP contribution in [0.3, 0.4) is 0 Å². The van der Waals surface area contributed by atoms with Gasteiger partial charge in [0.25, 0.3) is 0 Å². The van der Waals surface area contributed by atoms with Gasteiger partial charge in [-0.3, -0.25) is 19.2 Å². The fourth-order valence-corrected chi connectivity index (χ4v) is 5.88. The Kier molecular flexibility index (Phi) is 12.9. The van der Waals surface area contributed by atoms with Gasteiger partial charge >= 0.3 is 0 Å². The van der Waals surface area contributed by atoms with Gasteiger partial charge < -0.3 is 42.5 Å². The fraction of sp³-hybridized carbons (Fsp3) is 0.471. The van der Waals surface area contributed by atoms with E-state index in [4.69, 9.17) is 21.9 Å². The van der Waals surface area contributed by atoms with Crippen molar-refractivity contribution in [1.29, 1.82) is 0 Å². The molecule has 1 aliphatic rings. The van der Waals surface area contributed by atoms with Gasteiger partial charge in [0.05, 0.1) is 12.1 Å². The number of ether oxygens (including phenoxy) is 1. The first-order chi connectivity index (χ1) is 22.6. The van der Waals surface area contributed by atoms with E-state index in [-0.39, 0.29) is 32.4 Å². The van der Waals surface area contributed by atoms with Crippen molar-refractivity contribution in [3.63, 3.8) is 0 Å². The molecule has 3 aromatic rings. The lowest BCUT2D eigenvalue weighted by Crippen LogP contribution is -2.59. The number of hydrogen-bond donors (Lipinski definition) is 6. The maximum atomic E-state index is 14.5. The number of hydrogen-bond acceptors (Lipinski definition) is 7. The summed E-state index contributed by atoms with van der Waals surface area (Å²) in [5, 5.41) is 8.78. The Morgan fingerprint density at radius 2 is 1.79 bits per heavy atom. The SMILES string of the molecule is CCC1OCC(=O)NCc2cccc(c2)CC(N)C(=O)N[C@@H](Cc2cn(CCCCCCN)c3ccc(F)cc23)C(=O)NC1C(N)=O. The van der Waals surface area contributed by atoms with Crippen molar-refractivity contribution >= 4 is 34.5 Å². The van der Waals surface area contributed by atoms with Crippen molar-refractivity contribution in [3.05, 3.63) is 71.2 Å². The predicted molar refractivity (Wildman–Crippen MR) is 176 cm³/mol. The number of carbonyl (C=O) groups excluding carboxylic acids is 4. The number of aryl methyl sites for hydroxylation is 1. The van der Waals surface area contributed by atoms with Gasteiger partial charge in [-0.2, -0.15) is 0 Å². The highest BCUT2D eigenvalue weighted by Gasteiger charge is 2.33. The minimum atomic E-state index is -1.30. The number of nitrogens with two attached hydrogens (primary N) is 3. The molecule has 4 atom stereocenters. The fourth-order valence-electron chi connectivity index (χ4n) is 5.88. The highest BCUT2D eigenvalue weighted by Crippen LogP contribution is 2.25. The van der Waals surface area contributed by atoms with Crippen molar-refractivity contribution in [3.8, 4) is 0 Å². The van der Waals surface area contributed by atoms with Crippen molar-refractivity contribution in [2.45, 2.75) is 89.2 Å². The van der Waals surface area contributed by atoms with Crippen LogP contribution in [-0.2, 0) is 49.8 Å². The highest BCUT2D eigenvalue weighted by atomic mass is 19.1. The first kappa shape index (κ1) is 35.5. The second-order valence-corrected chi connectivity index (χ2v) is 12.0. The number of fused-ring (bicyclic) bond motifs is 3. The van der Waals surface area contributed by atoms with E-state index in [2.05, 4.69) is 16.0 Å². The predicted octanol–water partition coefficient (Wildman–Crippen LogP) is 1.29. The van der Waals surface area contributed by atoms with Crippen LogP contribution in [0.4, 0.5) is 4.39 Å². The molecule has 9 N–H and O–H groups in total. The van der Waals surface area contributed by atoms with Gasteiger partial charge in [-0.05, 0) is 67.1 Å². The third kappa shape index (κ3) is 9.83. The number of aromatic nitrogens is 1. The van der Waals surface area contributed by atoms with Gasteiger partial charge in [0, 0.05) is 36.6 Å². The lowest BCUT2D eigenvalue weighted by molar-refractivity contribution is -0.137. The summed E-state index contributed by atoms with van der Waals surface area (Å²) in [6.07, 6.45) is 5.15. The second-order valence-electron chi connectivity index (χ2n) is 12.0. The van der Waals surface area contributed by atoms with Crippen LogP contribution in [0.5, 0.6) is 0 Å². The topological polar surface area (TPSA) is 197 Å². The molecule has 0 spiro atoms. The minimum absolute atomic E-state index is 0.0224. The van der Waals surface area contributed by atoms with Crippen molar-refractivity contribution in [2.75, 3.05) is 13.2 Å². The standard InChI is InChI=1S/C34H46FN7O5/c1-2-29-31(32(38)44)41-34(46)27(16-23-19-42(13-6-4-3-5-12-36)28-11-10-24(35)17-25(23)28)40-33(45)26(37)15-21-8-7-9-22(14-21)18-39-30(43)20-47-29/h7-11,14,17,19,26-27,29,31H,2-6,12-13,15-16,18,20,36-37H2,1H3,(H2,38,44)(H,39,43)(H,40,45)(H,41,46)/t26?,27-,29?,31?/m0/s1. The molecule has 2 bridgehead atoms. The normalized spacial score (nSPS) is 21.5. The molecule has 0 saturated heterocycles. The van der Waals surface area contributed by atoms with Crippen LogP contribution >= 0.6 is 0 Å². The molecule has 0 saturated carbocycles. The van der Waals surface area contributed by atoms with E-state index < -0.39 is 53.7 Å². The molecule has 0 fully saturated rings. The number of nitrogens with one attached hydrogen (secondary N) is 3. The minimum Gasteiger partial charge on any atom is -0.368 e. The number of primary amides is 1. The van der Waals surface area contributed by atoms with Crippen LogP contribution in [0.15, 0.2) is 48.7 Å².